The standard InChI is InChI=1S/C15H24ClN3O2/c1-2-3-9-19-14(21)13(16)12(10-17-19)18-15(11-20)7-5-4-6-8-15/h10,18,20H,2-9,11H2,1H3. The van der Waals surface area contributed by atoms with Crippen LogP contribution in [0.2, 0.25) is 5.02 Å². The summed E-state index contributed by atoms with van der Waals surface area (Å²) in [6.45, 7) is 2.69. The fourth-order valence-electron chi connectivity index (χ4n) is 2.86. The van der Waals surface area contributed by atoms with Crippen molar-refractivity contribution < 1.29 is 5.11 Å². The molecule has 0 amide bonds. The van der Waals surface area contributed by atoms with E-state index in [4.69, 9.17) is 11.6 Å². The molecule has 0 spiro atoms. The number of aliphatic hydroxyl groups excluding tert-OH is 1. The monoisotopic (exact) mass is 313 g/mol. The van der Waals surface area contributed by atoms with E-state index in [1.165, 1.54) is 11.1 Å². The van der Waals surface area contributed by atoms with Crippen molar-refractivity contribution in [3.63, 3.8) is 0 Å². The molecule has 0 radical (unpaired) electrons. The second-order valence-corrected chi connectivity index (χ2v) is 6.26. The maximum atomic E-state index is 12.2. The SMILES string of the molecule is CCCCn1ncc(NC2(CO)CCCCC2)c(Cl)c1=O. The summed E-state index contributed by atoms with van der Waals surface area (Å²) in [6.07, 6.45) is 8.62. The molecule has 2 rings (SSSR count). The van der Waals surface area contributed by atoms with Crippen molar-refractivity contribution in [1.29, 1.82) is 0 Å². The van der Waals surface area contributed by atoms with Crippen LogP contribution in [0.3, 0.4) is 0 Å². The van der Waals surface area contributed by atoms with Crippen molar-refractivity contribution in [3.05, 3.63) is 21.6 Å². The van der Waals surface area contributed by atoms with E-state index >= 15 is 0 Å². The summed E-state index contributed by atoms with van der Waals surface area (Å²) in [4.78, 5) is 12.2. The van der Waals surface area contributed by atoms with E-state index in [0.29, 0.717) is 12.2 Å². The highest BCUT2D eigenvalue weighted by atomic mass is 35.5. The number of rotatable bonds is 6. The molecule has 1 saturated carbocycles. The van der Waals surface area contributed by atoms with Gasteiger partial charge in [0.1, 0.15) is 5.02 Å². The molecule has 0 unspecified atom stereocenters. The first kappa shape index (κ1) is 16.3. The van der Waals surface area contributed by atoms with Crippen molar-refractivity contribution in [2.75, 3.05) is 11.9 Å². The van der Waals surface area contributed by atoms with Crippen molar-refractivity contribution in [1.82, 2.24) is 9.78 Å². The van der Waals surface area contributed by atoms with Crippen LogP contribution in [0.5, 0.6) is 0 Å². The number of hydrogen-bond donors (Lipinski definition) is 2. The molecule has 118 valence electrons. The largest absolute Gasteiger partial charge is 0.394 e. The van der Waals surface area contributed by atoms with E-state index in [-0.39, 0.29) is 22.7 Å². The molecule has 6 heteroatoms. The minimum Gasteiger partial charge on any atom is -0.394 e. The summed E-state index contributed by atoms with van der Waals surface area (Å²) in [5.74, 6) is 0. The Morgan fingerprint density at radius 3 is 2.76 bits per heavy atom. The number of aromatic nitrogens is 2. The highest BCUT2D eigenvalue weighted by Crippen LogP contribution is 2.32. The molecule has 5 nitrogen and oxygen atoms in total. The van der Waals surface area contributed by atoms with Gasteiger partial charge in [-0.25, -0.2) is 4.68 Å². The minimum absolute atomic E-state index is 0.0439. The molecule has 0 atom stereocenters. The van der Waals surface area contributed by atoms with Gasteiger partial charge in [0.05, 0.1) is 24.0 Å². The second-order valence-electron chi connectivity index (χ2n) is 5.88. The van der Waals surface area contributed by atoms with Crippen molar-refractivity contribution in [2.45, 2.75) is 64.0 Å². The zero-order valence-corrected chi connectivity index (χ0v) is 13.3. The lowest BCUT2D eigenvalue weighted by Crippen LogP contribution is -2.44. The normalized spacial score (nSPS) is 17.7. The predicted molar refractivity (Wildman–Crippen MR) is 84.9 cm³/mol. The van der Waals surface area contributed by atoms with Crippen molar-refractivity contribution in [3.8, 4) is 0 Å². The second kappa shape index (κ2) is 7.27. The number of aryl methyl sites for hydroxylation is 1. The molecule has 1 aliphatic rings. The van der Waals surface area contributed by atoms with Crippen LogP contribution in [0.1, 0.15) is 51.9 Å². The zero-order chi connectivity index (χ0) is 15.3. The van der Waals surface area contributed by atoms with Gasteiger partial charge in [0.2, 0.25) is 0 Å². The summed E-state index contributed by atoms with van der Waals surface area (Å²) < 4.78 is 1.41. The van der Waals surface area contributed by atoms with E-state index in [1.807, 2.05) is 0 Å². The fraction of sp³-hybridized carbons (Fsp3) is 0.733. The third-order valence-corrected chi connectivity index (χ3v) is 4.59. The summed E-state index contributed by atoms with van der Waals surface area (Å²) in [5, 5.41) is 17.4. The van der Waals surface area contributed by atoms with Crippen molar-refractivity contribution in [2.24, 2.45) is 0 Å². The lowest BCUT2D eigenvalue weighted by Gasteiger charge is -2.37. The number of nitrogens with one attached hydrogen (secondary N) is 1. The van der Waals surface area contributed by atoms with Crippen LogP contribution in [0, 0.1) is 0 Å². The van der Waals surface area contributed by atoms with Gasteiger partial charge in [-0.15, -0.1) is 0 Å². The van der Waals surface area contributed by atoms with Crippen LogP contribution in [0.25, 0.3) is 0 Å². The van der Waals surface area contributed by atoms with Crippen LogP contribution in [0.4, 0.5) is 5.69 Å². The first-order valence-corrected chi connectivity index (χ1v) is 8.14. The van der Waals surface area contributed by atoms with Gasteiger partial charge < -0.3 is 10.4 Å². The topological polar surface area (TPSA) is 67.2 Å². The molecule has 1 heterocycles. The fourth-order valence-corrected chi connectivity index (χ4v) is 3.05. The van der Waals surface area contributed by atoms with Crippen molar-refractivity contribution >= 4 is 17.3 Å². The molecule has 1 fully saturated rings. The molecule has 0 saturated heterocycles. The van der Waals surface area contributed by atoms with Gasteiger partial charge >= 0.3 is 0 Å². The van der Waals surface area contributed by atoms with Gasteiger partial charge in [0.15, 0.2) is 0 Å². The average Bonchev–Trinajstić information content (AvgIpc) is 2.52. The molecule has 0 aromatic carbocycles. The Morgan fingerprint density at radius 1 is 1.43 bits per heavy atom. The van der Waals surface area contributed by atoms with Gasteiger partial charge in [0.25, 0.3) is 5.56 Å². The Hall–Kier alpha value is -1.07. The van der Waals surface area contributed by atoms with E-state index in [2.05, 4.69) is 17.3 Å². The highest BCUT2D eigenvalue weighted by molar-refractivity contribution is 6.32. The lowest BCUT2D eigenvalue weighted by atomic mass is 9.82. The van der Waals surface area contributed by atoms with E-state index in [9.17, 15) is 9.90 Å². The van der Waals surface area contributed by atoms with E-state index in [0.717, 1.165) is 38.5 Å². The first-order chi connectivity index (χ1) is 10.1. The average molecular weight is 314 g/mol. The Morgan fingerprint density at radius 2 is 2.14 bits per heavy atom. The molecular weight excluding hydrogens is 290 g/mol. The zero-order valence-electron chi connectivity index (χ0n) is 12.6. The van der Waals surface area contributed by atoms with Crippen LogP contribution in [-0.4, -0.2) is 27.0 Å². The third-order valence-electron chi connectivity index (χ3n) is 4.22. The number of aliphatic hydroxyl groups is 1. The van der Waals surface area contributed by atoms with Gasteiger partial charge in [0, 0.05) is 6.54 Å². The Labute approximate surface area is 130 Å². The Kier molecular flexibility index (Phi) is 5.65. The Balaban J connectivity index is 2.20. The molecule has 21 heavy (non-hydrogen) atoms. The van der Waals surface area contributed by atoms with Crippen LogP contribution in [-0.2, 0) is 6.54 Å². The molecule has 0 bridgehead atoms. The highest BCUT2D eigenvalue weighted by Gasteiger charge is 2.32. The quantitative estimate of drug-likeness (QED) is 0.847. The van der Waals surface area contributed by atoms with Gasteiger partial charge in [-0.3, -0.25) is 4.79 Å². The number of anilines is 1. The van der Waals surface area contributed by atoms with E-state index in [1.54, 1.807) is 6.20 Å². The van der Waals surface area contributed by atoms with Crippen LogP contribution < -0.4 is 10.9 Å². The predicted octanol–water partition coefficient (Wildman–Crippen LogP) is 2.80. The number of nitrogens with zero attached hydrogens (tertiary/aromatic N) is 2. The molecule has 1 aliphatic carbocycles. The lowest BCUT2D eigenvalue weighted by molar-refractivity contribution is 0.173. The number of hydrogen-bond acceptors (Lipinski definition) is 4. The van der Waals surface area contributed by atoms with Gasteiger partial charge in [-0.1, -0.05) is 44.2 Å². The summed E-state index contributed by atoms with van der Waals surface area (Å²) >= 11 is 6.20. The maximum Gasteiger partial charge on any atom is 0.287 e. The molecule has 2 N–H and O–H groups in total. The van der Waals surface area contributed by atoms with Gasteiger partial charge in [-0.2, -0.15) is 5.10 Å². The summed E-state index contributed by atoms with van der Waals surface area (Å²) in [6, 6.07) is 0. The molecule has 1 aromatic rings. The number of halogens is 1. The third kappa shape index (κ3) is 3.77. The first-order valence-electron chi connectivity index (χ1n) is 7.76. The molecule has 0 aliphatic heterocycles. The summed E-state index contributed by atoms with van der Waals surface area (Å²) in [5.41, 5.74) is -0.101. The summed E-state index contributed by atoms with van der Waals surface area (Å²) in [7, 11) is 0. The van der Waals surface area contributed by atoms with Gasteiger partial charge in [-0.05, 0) is 19.3 Å². The smallest absolute Gasteiger partial charge is 0.287 e. The van der Waals surface area contributed by atoms with Crippen LogP contribution in [0.15, 0.2) is 11.0 Å². The Bertz CT molecular complexity index is 524. The molecule has 1 aromatic heterocycles. The van der Waals surface area contributed by atoms with Crippen LogP contribution >= 0.6 is 11.6 Å². The number of unbranched alkanes of at least 4 members (excludes halogenated alkanes) is 1. The minimum atomic E-state index is -0.369. The molecular formula is C15H24ClN3O2. The van der Waals surface area contributed by atoms with E-state index < -0.39 is 0 Å². The maximum absolute atomic E-state index is 12.2.